The summed E-state index contributed by atoms with van der Waals surface area (Å²) in [5.41, 5.74) is 1.53. The molecule has 0 fully saturated rings. The predicted octanol–water partition coefficient (Wildman–Crippen LogP) is 3.19. The van der Waals surface area contributed by atoms with E-state index in [1.54, 1.807) is 18.2 Å². The van der Waals surface area contributed by atoms with Gasteiger partial charge in [-0.15, -0.1) is 0 Å². The normalized spacial score (nSPS) is 12.1. The van der Waals surface area contributed by atoms with E-state index >= 15 is 0 Å². The van der Waals surface area contributed by atoms with Crippen molar-refractivity contribution in [2.24, 2.45) is 0 Å². The number of carbonyl (C=O) groups excluding carboxylic acids is 1. The Labute approximate surface area is 156 Å². The van der Waals surface area contributed by atoms with Gasteiger partial charge in [0.1, 0.15) is 6.54 Å². The van der Waals surface area contributed by atoms with Crippen LogP contribution in [0.3, 0.4) is 0 Å². The van der Waals surface area contributed by atoms with Gasteiger partial charge in [0.25, 0.3) is 5.56 Å². The third-order valence-corrected chi connectivity index (χ3v) is 4.45. The van der Waals surface area contributed by atoms with E-state index < -0.39 is 0 Å². The standard InChI is InChI=1S/C20H20ClN3O2/c1-14(7-8-15-5-3-2-4-6-15)23-19(25)12-24-13-22-18-10-9-16(21)11-17(18)20(24)26/h2-6,9-11,13-14H,7-8,12H2,1H3,(H,23,25). The highest BCUT2D eigenvalue weighted by Crippen LogP contribution is 2.14. The molecule has 6 heteroatoms. The zero-order valence-electron chi connectivity index (χ0n) is 14.5. The lowest BCUT2D eigenvalue weighted by atomic mass is 10.1. The van der Waals surface area contributed by atoms with E-state index in [1.807, 2.05) is 25.1 Å². The lowest BCUT2D eigenvalue weighted by molar-refractivity contribution is -0.122. The number of hydrogen-bond donors (Lipinski definition) is 1. The van der Waals surface area contributed by atoms with E-state index in [-0.39, 0.29) is 24.1 Å². The number of aryl methyl sites for hydroxylation is 1. The molecule has 0 aliphatic heterocycles. The second-order valence-electron chi connectivity index (χ2n) is 6.33. The van der Waals surface area contributed by atoms with Crippen LogP contribution in [0.15, 0.2) is 59.7 Å². The van der Waals surface area contributed by atoms with Gasteiger partial charge in [-0.1, -0.05) is 41.9 Å². The molecule has 0 aliphatic rings. The maximum absolute atomic E-state index is 12.5. The maximum Gasteiger partial charge on any atom is 0.261 e. The molecular formula is C20H20ClN3O2. The molecule has 134 valence electrons. The molecular weight excluding hydrogens is 350 g/mol. The number of carbonyl (C=O) groups is 1. The summed E-state index contributed by atoms with van der Waals surface area (Å²) in [6.45, 7) is 1.89. The summed E-state index contributed by atoms with van der Waals surface area (Å²) in [7, 11) is 0. The average molecular weight is 370 g/mol. The van der Waals surface area contributed by atoms with Crippen LogP contribution in [0.4, 0.5) is 0 Å². The first kappa shape index (κ1) is 18.1. The molecule has 1 heterocycles. The van der Waals surface area contributed by atoms with Crippen LogP contribution in [0, 0.1) is 0 Å². The highest BCUT2D eigenvalue weighted by molar-refractivity contribution is 6.31. The van der Waals surface area contributed by atoms with Crippen molar-refractivity contribution in [3.8, 4) is 0 Å². The fourth-order valence-electron chi connectivity index (χ4n) is 2.82. The minimum Gasteiger partial charge on any atom is -0.352 e. The van der Waals surface area contributed by atoms with Crippen molar-refractivity contribution in [2.45, 2.75) is 32.4 Å². The van der Waals surface area contributed by atoms with Gasteiger partial charge in [0, 0.05) is 11.1 Å². The number of halogens is 1. The van der Waals surface area contributed by atoms with Crippen LogP contribution in [0.5, 0.6) is 0 Å². The largest absolute Gasteiger partial charge is 0.352 e. The van der Waals surface area contributed by atoms with E-state index in [4.69, 9.17) is 11.6 Å². The van der Waals surface area contributed by atoms with E-state index in [1.165, 1.54) is 16.5 Å². The van der Waals surface area contributed by atoms with Crippen LogP contribution < -0.4 is 10.9 Å². The summed E-state index contributed by atoms with van der Waals surface area (Å²) in [6, 6.07) is 15.1. The van der Waals surface area contributed by atoms with Crippen LogP contribution in [0.25, 0.3) is 10.9 Å². The zero-order valence-corrected chi connectivity index (χ0v) is 15.2. The fourth-order valence-corrected chi connectivity index (χ4v) is 2.99. The van der Waals surface area contributed by atoms with Crippen LogP contribution in [0.2, 0.25) is 5.02 Å². The Bertz CT molecular complexity index is 970. The number of aromatic nitrogens is 2. The Morgan fingerprint density at radius 1 is 1.23 bits per heavy atom. The highest BCUT2D eigenvalue weighted by atomic mass is 35.5. The molecule has 0 saturated heterocycles. The van der Waals surface area contributed by atoms with Crippen molar-refractivity contribution < 1.29 is 4.79 Å². The first-order valence-corrected chi connectivity index (χ1v) is 8.89. The molecule has 0 spiro atoms. The first-order chi connectivity index (χ1) is 12.5. The molecule has 1 amide bonds. The van der Waals surface area contributed by atoms with Gasteiger partial charge in [-0.25, -0.2) is 4.98 Å². The quantitative estimate of drug-likeness (QED) is 0.725. The predicted molar refractivity (Wildman–Crippen MR) is 103 cm³/mol. The van der Waals surface area contributed by atoms with Crippen molar-refractivity contribution in [1.29, 1.82) is 0 Å². The molecule has 1 unspecified atom stereocenters. The minimum atomic E-state index is -0.274. The highest BCUT2D eigenvalue weighted by Gasteiger charge is 2.11. The number of amides is 1. The molecule has 1 N–H and O–H groups in total. The lowest BCUT2D eigenvalue weighted by Crippen LogP contribution is -2.37. The van der Waals surface area contributed by atoms with Gasteiger partial charge in [-0.05, 0) is 43.5 Å². The second-order valence-corrected chi connectivity index (χ2v) is 6.77. The summed E-state index contributed by atoms with van der Waals surface area (Å²) in [6.07, 6.45) is 3.11. The summed E-state index contributed by atoms with van der Waals surface area (Å²) >= 11 is 5.95. The number of fused-ring (bicyclic) bond motifs is 1. The van der Waals surface area contributed by atoms with Gasteiger partial charge >= 0.3 is 0 Å². The van der Waals surface area contributed by atoms with Crippen molar-refractivity contribution in [3.63, 3.8) is 0 Å². The van der Waals surface area contributed by atoms with Crippen LogP contribution in [0.1, 0.15) is 18.9 Å². The molecule has 0 radical (unpaired) electrons. The zero-order chi connectivity index (χ0) is 18.5. The van der Waals surface area contributed by atoms with Crippen molar-refractivity contribution >= 4 is 28.4 Å². The van der Waals surface area contributed by atoms with Crippen molar-refractivity contribution in [3.05, 3.63) is 75.8 Å². The second kappa shape index (κ2) is 8.15. The number of hydrogen-bond acceptors (Lipinski definition) is 3. The summed E-state index contributed by atoms with van der Waals surface area (Å²) in [5, 5.41) is 3.81. The first-order valence-electron chi connectivity index (χ1n) is 8.51. The monoisotopic (exact) mass is 369 g/mol. The lowest BCUT2D eigenvalue weighted by Gasteiger charge is -2.14. The van der Waals surface area contributed by atoms with Crippen LogP contribution in [-0.2, 0) is 17.8 Å². The van der Waals surface area contributed by atoms with Crippen molar-refractivity contribution in [1.82, 2.24) is 14.9 Å². The van der Waals surface area contributed by atoms with Crippen molar-refractivity contribution in [2.75, 3.05) is 0 Å². The minimum absolute atomic E-state index is 0.0151. The number of rotatable bonds is 6. The molecule has 5 nitrogen and oxygen atoms in total. The average Bonchev–Trinajstić information content (AvgIpc) is 2.63. The molecule has 3 aromatic rings. The Hall–Kier alpha value is -2.66. The third kappa shape index (κ3) is 4.49. The summed E-state index contributed by atoms with van der Waals surface area (Å²) in [4.78, 5) is 29.0. The molecule has 0 aliphatic carbocycles. The van der Waals surface area contributed by atoms with Crippen LogP contribution >= 0.6 is 11.6 Å². The van der Waals surface area contributed by atoms with Gasteiger partial charge in [-0.2, -0.15) is 0 Å². The topological polar surface area (TPSA) is 64.0 Å². The molecule has 26 heavy (non-hydrogen) atoms. The molecule has 0 bridgehead atoms. The summed E-state index contributed by atoms with van der Waals surface area (Å²) in [5.74, 6) is -0.212. The van der Waals surface area contributed by atoms with Gasteiger partial charge in [-0.3, -0.25) is 14.2 Å². The molecule has 0 saturated carbocycles. The Morgan fingerprint density at radius 3 is 2.77 bits per heavy atom. The SMILES string of the molecule is CC(CCc1ccccc1)NC(=O)Cn1cnc2ccc(Cl)cc2c1=O. The van der Waals surface area contributed by atoms with Crippen LogP contribution in [-0.4, -0.2) is 21.5 Å². The Balaban J connectivity index is 1.62. The molecule has 1 aromatic heterocycles. The maximum atomic E-state index is 12.5. The van der Waals surface area contributed by atoms with E-state index in [0.29, 0.717) is 15.9 Å². The Kier molecular flexibility index (Phi) is 5.68. The smallest absolute Gasteiger partial charge is 0.261 e. The van der Waals surface area contributed by atoms with E-state index in [0.717, 1.165) is 12.8 Å². The van der Waals surface area contributed by atoms with Gasteiger partial charge in [0.05, 0.1) is 17.2 Å². The molecule has 1 atom stereocenters. The fraction of sp³-hybridized carbons (Fsp3) is 0.250. The number of benzene rings is 2. The van der Waals surface area contributed by atoms with Gasteiger partial charge < -0.3 is 5.32 Å². The van der Waals surface area contributed by atoms with Gasteiger partial charge in [0.2, 0.25) is 5.91 Å². The number of nitrogens with one attached hydrogen (secondary N) is 1. The third-order valence-electron chi connectivity index (χ3n) is 4.22. The van der Waals surface area contributed by atoms with E-state index in [9.17, 15) is 9.59 Å². The Morgan fingerprint density at radius 2 is 2.00 bits per heavy atom. The van der Waals surface area contributed by atoms with Gasteiger partial charge in [0.15, 0.2) is 0 Å². The van der Waals surface area contributed by atoms with E-state index in [2.05, 4.69) is 22.4 Å². The molecule has 3 rings (SSSR count). The number of nitrogens with zero attached hydrogens (tertiary/aromatic N) is 2. The summed E-state index contributed by atoms with van der Waals surface area (Å²) < 4.78 is 1.30. The molecule has 2 aromatic carbocycles.